The molecule has 2 rings (SSSR count). The van der Waals surface area contributed by atoms with Crippen LogP contribution in [0.1, 0.15) is 27.6 Å². The van der Waals surface area contributed by atoms with Crippen molar-refractivity contribution in [1.29, 1.82) is 0 Å². The number of hydrogen-bond acceptors (Lipinski definition) is 5. The largest absolute Gasteiger partial charge is 0.462 e. The van der Waals surface area contributed by atoms with Gasteiger partial charge in [-0.2, -0.15) is 0 Å². The van der Waals surface area contributed by atoms with Crippen molar-refractivity contribution in [2.45, 2.75) is 6.92 Å². The third-order valence-electron chi connectivity index (χ3n) is 2.44. The molecule has 1 N–H and O–H groups in total. The summed E-state index contributed by atoms with van der Waals surface area (Å²) in [5.41, 5.74) is 0.531. The molecule has 0 aliphatic rings. The highest BCUT2D eigenvalue weighted by Gasteiger charge is 2.18. The highest BCUT2D eigenvalue weighted by molar-refractivity contribution is 9.10. The second kappa shape index (κ2) is 7.02. The zero-order valence-electron chi connectivity index (χ0n) is 10.9. The number of nitrogens with zero attached hydrogens (tertiary/aromatic N) is 1. The van der Waals surface area contributed by atoms with E-state index in [1.807, 2.05) is 0 Å². The first-order chi connectivity index (χ1) is 10.0. The molecule has 0 fully saturated rings. The molecule has 21 heavy (non-hydrogen) atoms. The van der Waals surface area contributed by atoms with Crippen molar-refractivity contribution in [2.75, 3.05) is 11.9 Å². The Kier molecular flexibility index (Phi) is 5.33. The number of pyridine rings is 1. The van der Waals surface area contributed by atoms with Crippen LogP contribution in [0.25, 0.3) is 0 Å². The van der Waals surface area contributed by atoms with Crippen LogP contribution in [-0.4, -0.2) is 23.5 Å². The van der Waals surface area contributed by atoms with Crippen LogP contribution in [0.2, 0.25) is 5.15 Å². The van der Waals surface area contributed by atoms with Crippen LogP contribution in [0.3, 0.4) is 0 Å². The average Bonchev–Trinajstić information content (AvgIpc) is 2.90. The van der Waals surface area contributed by atoms with E-state index in [0.717, 1.165) is 0 Å². The Morgan fingerprint density at radius 2 is 2.24 bits per heavy atom. The van der Waals surface area contributed by atoms with Crippen molar-refractivity contribution in [3.8, 4) is 0 Å². The van der Waals surface area contributed by atoms with Crippen LogP contribution in [0.4, 0.5) is 5.00 Å². The van der Waals surface area contributed by atoms with Crippen LogP contribution in [0.5, 0.6) is 0 Å². The number of aromatic nitrogens is 1. The van der Waals surface area contributed by atoms with E-state index in [2.05, 4.69) is 26.2 Å². The summed E-state index contributed by atoms with van der Waals surface area (Å²) in [6, 6.07) is 3.15. The minimum absolute atomic E-state index is 0.0879. The van der Waals surface area contributed by atoms with Crippen LogP contribution < -0.4 is 5.32 Å². The second-order valence-electron chi connectivity index (χ2n) is 3.83. The highest BCUT2D eigenvalue weighted by atomic mass is 79.9. The molecular weight excluding hydrogens is 380 g/mol. The first-order valence-corrected chi connectivity index (χ1v) is 7.95. The van der Waals surface area contributed by atoms with Crippen molar-refractivity contribution in [3.63, 3.8) is 0 Å². The molecule has 0 bridgehead atoms. The molecule has 1 amide bonds. The molecule has 0 aromatic carbocycles. The van der Waals surface area contributed by atoms with E-state index < -0.39 is 11.9 Å². The van der Waals surface area contributed by atoms with Gasteiger partial charge in [0.1, 0.15) is 10.2 Å². The molecule has 0 aliphatic carbocycles. The third-order valence-corrected chi connectivity index (χ3v) is 4.00. The Hall–Kier alpha value is -1.44. The van der Waals surface area contributed by atoms with Crippen molar-refractivity contribution in [3.05, 3.63) is 44.5 Å². The smallest absolute Gasteiger partial charge is 0.341 e. The number of rotatable bonds is 4. The number of hydrogen-bond donors (Lipinski definition) is 1. The van der Waals surface area contributed by atoms with Gasteiger partial charge in [-0.05, 0) is 40.4 Å². The Morgan fingerprint density at radius 1 is 1.48 bits per heavy atom. The van der Waals surface area contributed by atoms with Crippen molar-refractivity contribution in [1.82, 2.24) is 4.98 Å². The lowest BCUT2D eigenvalue weighted by atomic mass is 10.2. The Balaban J connectivity index is 2.22. The number of amides is 1. The van der Waals surface area contributed by atoms with Gasteiger partial charge in [0.15, 0.2) is 0 Å². The topological polar surface area (TPSA) is 68.3 Å². The fourth-order valence-corrected chi connectivity index (χ4v) is 2.82. The van der Waals surface area contributed by atoms with Gasteiger partial charge in [0.25, 0.3) is 5.91 Å². The number of nitrogens with one attached hydrogen (secondary N) is 1. The van der Waals surface area contributed by atoms with Gasteiger partial charge in [-0.3, -0.25) is 4.79 Å². The molecule has 0 saturated heterocycles. The molecule has 0 unspecified atom stereocenters. The lowest BCUT2D eigenvalue weighted by Crippen LogP contribution is -2.15. The van der Waals surface area contributed by atoms with E-state index >= 15 is 0 Å². The Morgan fingerprint density at radius 3 is 2.95 bits per heavy atom. The number of halogens is 2. The summed E-state index contributed by atoms with van der Waals surface area (Å²) in [5, 5.41) is 4.84. The Bertz CT molecular complexity index is 690. The fourth-order valence-electron chi connectivity index (χ4n) is 1.53. The van der Waals surface area contributed by atoms with E-state index in [1.54, 1.807) is 24.4 Å². The van der Waals surface area contributed by atoms with Crippen LogP contribution >= 0.6 is 38.9 Å². The first-order valence-electron chi connectivity index (χ1n) is 5.90. The standard InChI is InChI=1S/C13H10BrClN2O3S/c1-2-20-13(19)8-3-4-21-12(8)17-11(18)9-5-7(14)6-16-10(9)15/h3-6H,2H2,1H3,(H,17,18). The molecule has 2 heterocycles. The second-order valence-corrected chi connectivity index (χ2v) is 6.02. The average molecular weight is 390 g/mol. The maximum atomic E-state index is 12.2. The molecule has 0 saturated carbocycles. The maximum Gasteiger partial charge on any atom is 0.341 e. The SMILES string of the molecule is CCOC(=O)c1ccsc1NC(=O)c1cc(Br)cnc1Cl. The van der Waals surface area contributed by atoms with Gasteiger partial charge in [-0.25, -0.2) is 9.78 Å². The molecule has 8 heteroatoms. The summed E-state index contributed by atoms with van der Waals surface area (Å²) < 4.78 is 5.56. The van der Waals surface area contributed by atoms with Crippen LogP contribution in [-0.2, 0) is 4.74 Å². The summed E-state index contributed by atoms with van der Waals surface area (Å²) >= 11 is 10.4. The highest BCUT2D eigenvalue weighted by Crippen LogP contribution is 2.26. The molecule has 110 valence electrons. The normalized spacial score (nSPS) is 10.2. The van der Waals surface area contributed by atoms with Crippen LogP contribution in [0, 0.1) is 0 Å². The van der Waals surface area contributed by atoms with E-state index in [-0.39, 0.29) is 17.3 Å². The number of carbonyl (C=O) groups excluding carboxylic acids is 2. The van der Waals surface area contributed by atoms with Gasteiger partial charge in [0.05, 0.1) is 17.7 Å². The first kappa shape index (κ1) is 15.9. The predicted molar refractivity (Wildman–Crippen MR) is 85.2 cm³/mol. The van der Waals surface area contributed by atoms with E-state index in [9.17, 15) is 9.59 Å². The van der Waals surface area contributed by atoms with E-state index in [0.29, 0.717) is 15.0 Å². The predicted octanol–water partition coefficient (Wildman–Crippen LogP) is 3.99. The van der Waals surface area contributed by atoms with Crippen molar-refractivity contribution < 1.29 is 14.3 Å². The number of esters is 1. The Labute approximate surface area is 138 Å². The zero-order chi connectivity index (χ0) is 15.4. The molecule has 5 nitrogen and oxygen atoms in total. The minimum atomic E-state index is -0.479. The maximum absolute atomic E-state index is 12.2. The molecule has 0 radical (unpaired) electrons. The van der Waals surface area contributed by atoms with Crippen molar-refractivity contribution >= 4 is 55.7 Å². The number of anilines is 1. The van der Waals surface area contributed by atoms with Gasteiger partial charge in [0, 0.05) is 10.7 Å². The lowest BCUT2D eigenvalue weighted by Gasteiger charge is -2.07. The summed E-state index contributed by atoms with van der Waals surface area (Å²) in [4.78, 5) is 27.9. The monoisotopic (exact) mass is 388 g/mol. The van der Waals surface area contributed by atoms with Gasteiger partial charge in [0.2, 0.25) is 0 Å². The van der Waals surface area contributed by atoms with Crippen LogP contribution in [0.15, 0.2) is 28.2 Å². The molecule has 0 spiro atoms. The summed E-state index contributed by atoms with van der Waals surface area (Å²) in [6.07, 6.45) is 1.49. The molecule has 2 aromatic heterocycles. The molecular formula is C13H10BrClN2O3S. The number of ether oxygens (including phenoxy) is 1. The number of carbonyl (C=O) groups is 2. The van der Waals surface area contributed by atoms with Gasteiger partial charge in [-0.15, -0.1) is 11.3 Å². The van der Waals surface area contributed by atoms with E-state index in [1.165, 1.54) is 17.5 Å². The van der Waals surface area contributed by atoms with Gasteiger partial charge in [-0.1, -0.05) is 11.6 Å². The minimum Gasteiger partial charge on any atom is -0.462 e. The lowest BCUT2D eigenvalue weighted by molar-refractivity contribution is 0.0528. The number of thiophene rings is 1. The fraction of sp³-hybridized carbons (Fsp3) is 0.154. The third kappa shape index (κ3) is 3.81. The quantitative estimate of drug-likeness (QED) is 0.634. The molecule has 0 aliphatic heterocycles. The summed E-state index contributed by atoms with van der Waals surface area (Å²) in [5.74, 6) is -0.922. The van der Waals surface area contributed by atoms with Gasteiger partial charge >= 0.3 is 5.97 Å². The van der Waals surface area contributed by atoms with E-state index in [4.69, 9.17) is 16.3 Å². The van der Waals surface area contributed by atoms with Gasteiger partial charge < -0.3 is 10.1 Å². The molecule has 2 aromatic rings. The zero-order valence-corrected chi connectivity index (χ0v) is 14.0. The van der Waals surface area contributed by atoms with Crippen molar-refractivity contribution in [2.24, 2.45) is 0 Å². The molecule has 0 atom stereocenters. The summed E-state index contributed by atoms with van der Waals surface area (Å²) in [6.45, 7) is 1.99. The summed E-state index contributed by atoms with van der Waals surface area (Å²) in [7, 11) is 0.